The van der Waals surface area contributed by atoms with Crippen molar-refractivity contribution in [2.24, 2.45) is 0 Å². The van der Waals surface area contributed by atoms with E-state index in [1.54, 1.807) is 6.92 Å². The molecule has 0 aliphatic carbocycles. The van der Waals surface area contributed by atoms with E-state index in [4.69, 9.17) is 10.2 Å². The molecule has 0 radical (unpaired) electrons. The summed E-state index contributed by atoms with van der Waals surface area (Å²) in [7, 11) is 1.33. The molecule has 0 heterocycles. The molecule has 0 saturated carbocycles. The Morgan fingerprint density at radius 2 is 2.00 bits per heavy atom. The standard InChI is InChI=1S/C11H23NO4/c1-4-5-6-9(10(15)16-3)12-11(2,7-13)8-14/h9,12-14H,4-8H2,1-3H3. The number of rotatable bonds is 8. The average Bonchev–Trinajstić information content (AvgIpc) is 2.33. The van der Waals surface area contributed by atoms with Crippen LogP contribution >= 0.6 is 0 Å². The third-order valence-electron chi connectivity index (χ3n) is 2.55. The zero-order valence-corrected chi connectivity index (χ0v) is 10.3. The van der Waals surface area contributed by atoms with Gasteiger partial charge in [-0.05, 0) is 13.3 Å². The van der Waals surface area contributed by atoms with E-state index in [1.165, 1.54) is 7.11 Å². The zero-order chi connectivity index (χ0) is 12.6. The van der Waals surface area contributed by atoms with Gasteiger partial charge in [0.05, 0.1) is 25.9 Å². The maximum absolute atomic E-state index is 11.5. The fraction of sp³-hybridized carbons (Fsp3) is 0.909. The van der Waals surface area contributed by atoms with Gasteiger partial charge >= 0.3 is 5.97 Å². The van der Waals surface area contributed by atoms with Crippen molar-refractivity contribution < 1.29 is 19.7 Å². The first-order valence-electron chi connectivity index (χ1n) is 5.60. The second-order valence-electron chi connectivity index (χ2n) is 4.24. The third kappa shape index (κ3) is 4.92. The number of unbranched alkanes of at least 4 members (excludes halogenated alkanes) is 1. The topological polar surface area (TPSA) is 78.8 Å². The highest BCUT2D eigenvalue weighted by Crippen LogP contribution is 2.09. The Balaban J connectivity index is 4.45. The quantitative estimate of drug-likeness (QED) is 0.516. The maximum atomic E-state index is 11.5. The predicted octanol–water partition coefficient (Wildman–Crippen LogP) is 0.0511. The molecule has 1 atom stereocenters. The Morgan fingerprint density at radius 1 is 1.44 bits per heavy atom. The van der Waals surface area contributed by atoms with Crippen LogP contribution < -0.4 is 5.32 Å². The molecule has 0 aromatic carbocycles. The molecule has 16 heavy (non-hydrogen) atoms. The minimum atomic E-state index is -0.855. The Bertz CT molecular complexity index is 204. The van der Waals surface area contributed by atoms with Gasteiger partial charge in [-0.15, -0.1) is 0 Å². The van der Waals surface area contributed by atoms with Gasteiger partial charge in [0.2, 0.25) is 0 Å². The molecule has 1 unspecified atom stereocenters. The number of aliphatic hydroxyl groups is 2. The fourth-order valence-electron chi connectivity index (χ4n) is 1.36. The Labute approximate surface area is 96.8 Å². The Kier molecular flexibility index (Phi) is 7.29. The zero-order valence-electron chi connectivity index (χ0n) is 10.3. The van der Waals surface area contributed by atoms with E-state index < -0.39 is 11.6 Å². The summed E-state index contributed by atoms with van der Waals surface area (Å²) in [6.07, 6.45) is 2.50. The van der Waals surface area contributed by atoms with Gasteiger partial charge in [0.25, 0.3) is 0 Å². The molecular formula is C11H23NO4. The van der Waals surface area contributed by atoms with E-state index in [9.17, 15) is 4.79 Å². The van der Waals surface area contributed by atoms with Crippen LogP contribution in [0.3, 0.4) is 0 Å². The molecule has 0 aliphatic rings. The molecule has 0 rings (SSSR count). The van der Waals surface area contributed by atoms with E-state index >= 15 is 0 Å². The molecular weight excluding hydrogens is 210 g/mol. The van der Waals surface area contributed by atoms with Gasteiger partial charge in [0, 0.05) is 0 Å². The number of carbonyl (C=O) groups is 1. The lowest BCUT2D eigenvalue weighted by molar-refractivity contribution is -0.144. The van der Waals surface area contributed by atoms with Crippen molar-refractivity contribution in [2.75, 3.05) is 20.3 Å². The number of hydrogen-bond acceptors (Lipinski definition) is 5. The van der Waals surface area contributed by atoms with Gasteiger partial charge in [-0.25, -0.2) is 0 Å². The lowest BCUT2D eigenvalue weighted by Crippen LogP contribution is -2.56. The van der Waals surface area contributed by atoms with Gasteiger partial charge in [-0.2, -0.15) is 0 Å². The normalized spacial score (nSPS) is 13.6. The summed E-state index contributed by atoms with van der Waals surface area (Å²) < 4.78 is 4.68. The molecule has 5 heteroatoms. The van der Waals surface area contributed by atoms with Gasteiger partial charge in [-0.3, -0.25) is 10.1 Å². The highest BCUT2D eigenvalue weighted by molar-refractivity contribution is 5.75. The molecule has 0 aromatic rings. The molecule has 96 valence electrons. The van der Waals surface area contributed by atoms with Crippen LogP contribution in [-0.2, 0) is 9.53 Å². The minimum absolute atomic E-state index is 0.233. The third-order valence-corrected chi connectivity index (χ3v) is 2.55. The molecule has 3 N–H and O–H groups in total. The summed E-state index contributed by atoms with van der Waals surface area (Å²) in [5.41, 5.74) is -0.855. The first kappa shape index (κ1) is 15.3. The van der Waals surface area contributed by atoms with Crippen molar-refractivity contribution in [3.05, 3.63) is 0 Å². The number of esters is 1. The summed E-state index contributed by atoms with van der Waals surface area (Å²) in [5.74, 6) is -0.360. The molecule has 0 bridgehead atoms. The van der Waals surface area contributed by atoms with Crippen molar-refractivity contribution in [3.63, 3.8) is 0 Å². The summed E-state index contributed by atoms with van der Waals surface area (Å²) in [5, 5.41) is 21.2. The Hall–Kier alpha value is -0.650. The van der Waals surface area contributed by atoms with E-state index in [0.29, 0.717) is 6.42 Å². The smallest absolute Gasteiger partial charge is 0.322 e. The highest BCUT2D eigenvalue weighted by Gasteiger charge is 2.29. The van der Waals surface area contributed by atoms with Crippen LogP contribution in [0.2, 0.25) is 0 Å². The van der Waals surface area contributed by atoms with Gasteiger partial charge in [-0.1, -0.05) is 19.8 Å². The maximum Gasteiger partial charge on any atom is 0.322 e. The number of hydrogen-bond donors (Lipinski definition) is 3. The van der Waals surface area contributed by atoms with Gasteiger partial charge in [0.15, 0.2) is 0 Å². The summed E-state index contributed by atoms with van der Waals surface area (Å²) in [4.78, 5) is 11.5. The lowest BCUT2D eigenvalue weighted by atomic mass is 10.0. The van der Waals surface area contributed by atoms with Crippen LogP contribution in [0.5, 0.6) is 0 Å². The Morgan fingerprint density at radius 3 is 2.38 bits per heavy atom. The first-order chi connectivity index (χ1) is 7.52. The number of methoxy groups -OCH3 is 1. The van der Waals surface area contributed by atoms with Crippen molar-refractivity contribution in [2.45, 2.75) is 44.7 Å². The largest absolute Gasteiger partial charge is 0.468 e. The minimum Gasteiger partial charge on any atom is -0.468 e. The van der Waals surface area contributed by atoms with Crippen LogP contribution in [0.15, 0.2) is 0 Å². The van der Waals surface area contributed by atoms with Crippen molar-refractivity contribution in [1.29, 1.82) is 0 Å². The van der Waals surface area contributed by atoms with Gasteiger partial charge < -0.3 is 14.9 Å². The fourth-order valence-corrected chi connectivity index (χ4v) is 1.36. The van der Waals surface area contributed by atoms with Crippen molar-refractivity contribution in [1.82, 2.24) is 5.32 Å². The number of aliphatic hydroxyl groups excluding tert-OH is 2. The predicted molar refractivity (Wildman–Crippen MR) is 61.0 cm³/mol. The van der Waals surface area contributed by atoms with E-state index in [0.717, 1.165) is 12.8 Å². The van der Waals surface area contributed by atoms with Crippen LogP contribution in [0, 0.1) is 0 Å². The molecule has 0 aliphatic heterocycles. The number of nitrogens with one attached hydrogen (secondary N) is 1. The molecule has 0 spiro atoms. The average molecular weight is 233 g/mol. The SMILES string of the molecule is CCCCC(NC(C)(CO)CO)C(=O)OC. The van der Waals surface area contributed by atoms with Crippen LogP contribution in [0.1, 0.15) is 33.1 Å². The van der Waals surface area contributed by atoms with Crippen LogP contribution in [0.4, 0.5) is 0 Å². The van der Waals surface area contributed by atoms with E-state index in [2.05, 4.69) is 10.1 Å². The molecule has 5 nitrogen and oxygen atoms in total. The van der Waals surface area contributed by atoms with Crippen LogP contribution in [-0.4, -0.2) is 48.1 Å². The molecule has 0 saturated heterocycles. The summed E-state index contributed by atoms with van der Waals surface area (Å²) >= 11 is 0. The number of carbonyl (C=O) groups excluding carboxylic acids is 1. The first-order valence-corrected chi connectivity index (χ1v) is 5.60. The molecule has 0 aromatic heterocycles. The van der Waals surface area contributed by atoms with Crippen molar-refractivity contribution in [3.8, 4) is 0 Å². The second-order valence-corrected chi connectivity index (χ2v) is 4.24. The van der Waals surface area contributed by atoms with Crippen molar-refractivity contribution >= 4 is 5.97 Å². The summed E-state index contributed by atoms with van der Waals surface area (Å²) in [6, 6.07) is -0.478. The van der Waals surface area contributed by atoms with Gasteiger partial charge in [0.1, 0.15) is 6.04 Å². The van der Waals surface area contributed by atoms with E-state index in [1.807, 2.05) is 6.92 Å². The molecule has 0 fully saturated rings. The second kappa shape index (κ2) is 7.60. The number of ether oxygens (including phenoxy) is 1. The molecule has 0 amide bonds. The lowest BCUT2D eigenvalue weighted by Gasteiger charge is -2.30. The monoisotopic (exact) mass is 233 g/mol. The van der Waals surface area contributed by atoms with Crippen LogP contribution in [0.25, 0.3) is 0 Å². The van der Waals surface area contributed by atoms with E-state index in [-0.39, 0.29) is 19.2 Å². The highest BCUT2D eigenvalue weighted by atomic mass is 16.5. The summed E-state index contributed by atoms with van der Waals surface area (Å²) in [6.45, 7) is 3.23.